The van der Waals surface area contributed by atoms with Crippen LogP contribution < -0.4 is 19.7 Å². The van der Waals surface area contributed by atoms with Gasteiger partial charge in [-0.1, -0.05) is 0 Å². The third kappa shape index (κ3) is 4.96. The van der Waals surface area contributed by atoms with Gasteiger partial charge < -0.3 is 24.6 Å². The number of nitrogens with one attached hydrogen (secondary N) is 1. The lowest BCUT2D eigenvalue weighted by molar-refractivity contribution is -0.130. The van der Waals surface area contributed by atoms with Crippen LogP contribution in [0.4, 0.5) is 10.1 Å². The van der Waals surface area contributed by atoms with E-state index in [1.54, 1.807) is 35.2 Å². The van der Waals surface area contributed by atoms with E-state index >= 15 is 0 Å². The molecule has 8 heteroatoms. The highest BCUT2D eigenvalue weighted by molar-refractivity contribution is 5.97. The molecule has 1 fully saturated rings. The van der Waals surface area contributed by atoms with Gasteiger partial charge in [0.05, 0.1) is 20.8 Å². The highest BCUT2D eigenvalue weighted by Gasteiger charge is 2.22. The lowest BCUT2D eigenvalue weighted by Gasteiger charge is -2.36. The molecule has 0 radical (unpaired) electrons. The fourth-order valence-electron chi connectivity index (χ4n) is 3.21. The standard InChI is InChI=1S/C21H24FN3O4/c1-28-18-8-3-15(13-19(18)29-2)21(27)23-14-20(26)25-11-9-24(10-12-25)17-6-4-16(22)5-7-17/h3-8,13H,9-12,14H2,1-2H3,(H,23,27). The number of carbonyl (C=O) groups excluding carboxylic acids is 2. The maximum atomic E-state index is 13.1. The molecule has 0 spiro atoms. The summed E-state index contributed by atoms with van der Waals surface area (Å²) >= 11 is 0. The zero-order valence-corrected chi connectivity index (χ0v) is 16.5. The number of anilines is 1. The van der Waals surface area contributed by atoms with Crippen molar-refractivity contribution >= 4 is 17.5 Å². The number of methoxy groups -OCH3 is 2. The lowest BCUT2D eigenvalue weighted by atomic mass is 10.2. The van der Waals surface area contributed by atoms with E-state index < -0.39 is 0 Å². The van der Waals surface area contributed by atoms with Crippen LogP contribution in [-0.4, -0.2) is 63.7 Å². The molecule has 1 saturated heterocycles. The maximum absolute atomic E-state index is 13.1. The highest BCUT2D eigenvalue weighted by Crippen LogP contribution is 2.27. The number of halogens is 1. The van der Waals surface area contributed by atoms with Gasteiger partial charge in [-0.3, -0.25) is 9.59 Å². The molecule has 29 heavy (non-hydrogen) atoms. The molecule has 1 heterocycles. The van der Waals surface area contributed by atoms with E-state index in [2.05, 4.69) is 10.2 Å². The first-order valence-electron chi connectivity index (χ1n) is 9.30. The van der Waals surface area contributed by atoms with E-state index in [9.17, 15) is 14.0 Å². The first-order valence-corrected chi connectivity index (χ1v) is 9.30. The van der Waals surface area contributed by atoms with Crippen molar-refractivity contribution in [1.29, 1.82) is 0 Å². The molecule has 0 bridgehead atoms. The molecule has 0 aromatic heterocycles. The molecule has 2 aromatic carbocycles. The van der Waals surface area contributed by atoms with Crippen molar-refractivity contribution in [3.63, 3.8) is 0 Å². The molecule has 1 N–H and O–H groups in total. The second-order valence-corrected chi connectivity index (χ2v) is 6.60. The van der Waals surface area contributed by atoms with Crippen molar-refractivity contribution in [3.8, 4) is 11.5 Å². The Kier molecular flexibility index (Phi) is 6.54. The molecule has 0 saturated carbocycles. The van der Waals surface area contributed by atoms with Gasteiger partial charge in [0.2, 0.25) is 5.91 Å². The summed E-state index contributed by atoms with van der Waals surface area (Å²) in [5.41, 5.74) is 1.32. The molecule has 0 atom stereocenters. The Balaban J connectivity index is 1.50. The Morgan fingerprint density at radius 2 is 1.62 bits per heavy atom. The molecule has 3 rings (SSSR count). The number of ether oxygens (including phenoxy) is 2. The molecule has 1 aliphatic heterocycles. The van der Waals surface area contributed by atoms with Gasteiger partial charge in [0, 0.05) is 37.4 Å². The predicted molar refractivity (Wildman–Crippen MR) is 107 cm³/mol. The summed E-state index contributed by atoms with van der Waals surface area (Å²) in [5, 5.41) is 2.65. The summed E-state index contributed by atoms with van der Waals surface area (Å²) in [5.74, 6) is 0.206. The first kappa shape index (κ1) is 20.4. The van der Waals surface area contributed by atoms with Crippen LogP contribution in [0.2, 0.25) is 0 Å². The van der Waals surface area contributed by atoms with Crippen LogP contribution >= 0.6 is 0 Å². The van der Waals surface area contributed by atoms with Gasteiger partial charge in [-0.2, -0.15) is 0 Å². The Hall–Kier alpha value is -3.29. The summed E-state index contributed by atoms with van der Waals surface area (Å²) < 4.78 is 23.4. The normalized spacial score (nSPS) is 13.8. The third-order valence-corrected chi connectivity index (χ3v) is 4.87. The van der Waals surface area contributed by atoms with E-state index in [0.717, 1.165) is 5.69 Å². The number of rotatable bonds is 6. The Bertz CT molecular complexity index is 865. The molecule has 154 valence electrons. The number of amides is 2. The highest BCUT2D eigenvalue weighted by atomic mass is 19.1. The van der Waals surface area contributed by atoms with Gasteiger partial charge in [0.1, 0.15) is 5.82 Å². The smallest absolute Gasteiger partial charge is 0.251 e. The number of carbonyl (C=O) groups is 2. The van der Waals surface area contributed by atoms with Crippen molar-refractivity contribution in [2.75, 3.05) is 51.8 Å². The van der Waals surface area contributed by atoms with Crippen LogP contribution in [0.1, 0.15) is 10.4 Å². The molecule has 0 aliphatic carbocycles. The second kappa shape index (κ2) is 9.27. The monoisotopic (exact) mass is 401 g/mol. The first-order chi connectivity index (χ1) is 14.0. The van der Waals surface area contributed by atoms with Crippen LogP contribution in [0.3, 0.4) is 0 Å². The maximum Gasteiger partial charge on any atom is 0.251 e. The summed E-state index contributed by atoms with van der Waals surface area (Å²) in [6.07, 6.45) is 0. The quantitative estimate of drug-likeness (QED) is 0.801. The molecular formula is C21H24FN3O4. The molecule has 7 nitrogen and oxygen atoms in total. The summed E-state index contributed by atoms with van der Waals surface area (Å²) in [4.78, 5) is 28.6. The van der Waals surface area contributed by atoms with Crippen LogP contribution in [0.5, 0.6) is 11.5 Å². The minimum atomic E-state index is -0.357. The molecular weight excluding hydrogens is 377 g/mol. The number of benzene rings is 2. The van der Waals surface area contributed by atoms with Crippen LogP contribution in [-0.2, 0) is 4.79 Å². The molecule has 2 aromatic rings. The van der Waals surface area contributed by atoms with Crippen molar-refractivity contribution in [2.24, 2.45) is 0 Å². The minimum absolute atomic E-state index is 0.0796. The topological polar surface area (TPSA) is 71.1 Å². The van der Waals surface area contributed by atoms with Gasteiger partial charge >= 0.3 is 0 Å². The lowest BCUT2D eigenvalue weighted by Crippen LogP contribution is -2.51. The van der Waals surface area contributed by atoms with E-state index in [4.69, 9.17) is 9.47 Å². The largest absolute Gasteiger partial charge is 0.493 e. The number of hydrogen-bond donors (Lipinski definition) is 1. The number of piperazine rings is 1. The molecule has 1 aliphatic rings. The summed E-state index contributed by atoms with van der Waals surface area (Å²) in [7, 11) is 3.01. The summed E-state index contributed by atoms with van der Waals surface area (Å²) in [6, 6.07) is 11.1. The van der Waals surface area contributed by atoms with Crippen molar-refractivity contribution in [2.45, 2.75) is 0 Å². The van der Waals surface area contributed by atoms with E-state index in [1.165, 1.54) is 26.4 Å². The van der Waals surface area contributed by atoms with E-state index in [1.807, 2.05) is 0 Å². The van der Waals surface area contributed by atoms with Crippen LogP contribution in [0, 0.1) is 5.82 Å². The average molecular weight is 401 g/mol. The fraction of sp³-hybridized carbons (Fsp3) is 0.333. The minimum Gasteiger partial charge on any atom is -0.493 e. The molecule has 2 amide bonds. The van der Waals surface area contributed by atoms with Gasteiger partial charge in [-0.25, -0.2) is 4.39 Å². The zero-order valence-electron chi connectivity index (χ0n) is 16.5. The predicted octanol–water partition coefficient (Wildman–Crippen LogP) is 1.92. The van der Waals surface area contributed by atoms with Gasteiger partial charge in [-0.05, 0) is 42.5 Å². The number of nitrogens with zero attached hydrogens (tertiary/aromatic N) is 2. The van der Waals surface area contributed by atoms with Crippen molar-refractivity contribution < 1.29 is 23.5 Å². The van der Waals surface area contributed by atoms with E-state index in [0.29, 0.717) is 43.2 Å². The van der Waals surface area contributed by atoms with Crippen molar-refractivity contribution in [1.82, 2.24) is 10.2 Å². The molecule has 0 unspecified atom stereocenters. The van der Waals surface area contributed by atoms with Crippen LogP contribution in [0.25, 0.3) is 0 Å². The van der Waals surface area contributed by atoms with E-state index in [-0.39, 0.29) is 24.2 Å². The number of hydrogen-bond acceptors (Lipinski definition) is 5. The summed E-state index contributed by atoms with van der Waals surface area (Å²) in [6.45, 7) is 2.32. The third-order valence-electron chi connectivity index (χ3n) is 4.87. The average Bonchev–Trinajstić information content (AvgIpc) is 2.77. The second-order valence-electron chi connectivity index (χ2n) is 6.60. The van der Waals surface area contributed by atoms with Gasteiger partial charge in [0.25, 0.3) is 5.91 Å². The fourth-order valence-corrected chi connectivity index (χ4v) is 3.21. The van der Waals surface area contributed by atoms with Gasteiger partial charge in [-0.15, -0.1) is 0 Å². The Labute approximate surface area is 169 Å². The SMILES string of the molecule is COc1ccc(C(=O)NCC(=O)N2CCN(c3ccc(F)cc3)CC2)cc1OC. The van der Waals surface area contributed by atoms with Gasteiger partial charge in [0.15, 0.2) is 11.5 Å². The zero-order chi connectivity index (χ0) is 20.8. The Morgan fingerprint density at radius 3 is 2.24 bits per heavy atom. The Morgan fingerprint density at radius 1 is 0.966 bits per heavy atom. The van der Waals surface area contributed by atoms with Crippen molar-refractivity contribution in [3.05, 3.63) is 53.8 Å². The van der Waals surface area contributed by atoms with Crippen LogP contribution in [0.15, 0.2) is 42.5 Å².